The fraction of sp³-hybridized carbons (Fsp3) is 0.300. The van der Waals surface area contributed by atoms with Crippen molar-refractivity contribution in [3.05, 3.63) is 17.7 Å². The summed E-state index contributed by atoms with van der Waals surface area (Å²) in [5, 5.41) is 28.1. The molecule has 0 bridgehead atoms. The Balaban J connectivity index is 2.60. The number of ketones is 1. The number of hydrogen-bond donors (Lipinski definition) is 3. The smallest absolute Gasteiger partial charge is 0.202 e. The predicted molar refractivity (Wildman–Crippen MR) is 50.2 cm³/mol. The molecule has 3 N–H and O–H groups in total. The minimum Gasteiger partial charge on any atom is -0.508 e. The van der Waals surface area contributed by atoms with Crippen molar-refractivity contribution < 1.29 is 24.9 Å². The Kier molecular flexibility index (Phi) is 2.04. The molecule has 0 aliphatic carbocycles. The summed E-state index contributed by atoms with van der Waals surface area (Å²) in [5.41, 5.74) is -0.0848. The number of rotatable bonds is 0. The number of Topliss-reactive ketones (excluding diaryl/α,β-unsaturated/α-hetero) is 1. The van der Waals surface area contributed by atoms with E-state index in [0.29, 0.717) is 0 Å². The van der Waals surface area contributed by atoms with Crippen molar-refractivity contribution in [1.29, 1.82) is 0 Å². The summed E-state index contributed by atoms with van der Waals surface area (Å²) < 4.78 is 5.19. The van der Waals surface area contributed by atoms with Gasteiger partial charge in [-0.15, -0.1) is 0 Å². The first-order valence-electron chi connectivity index (χ1n) is 4.45. The normalized spacial score (nSPS) is 24.5. The number of benzene rings is 1. The van der Waals surface area contributed by atoms with Crippen LogP contribution in [0.3, 0.4) is 0 Å². The van der Waals surface area contributed by atoms with Gasteiger partial charge in [0.2, 0.25) is 5.78 Å². The summed E-state index contributed by atoms with van der Waals surface area (Å²) in [6.45, 7) is 1.53. The van der Waals surface area contributed by atoms with Gasteiger partial charge in [-0.1, -0.05) is 0 Å². The quantitative estimate of drug-likeness (QED) is 0.577. The first kappa shape index (κ1) is 9.79. The number of ether oxygens (including phenoxy) is 1. The topological polar surface area (TPSA) is 87.0 Å². The Bertz CT molecular complexity index is 426. The van der Waals surface area contributed by atoms with Gasteiger partial charge in [-0.05, 0) is 6.92 Å². The molecule has 1 aliphatic heterocycles. The number of aromatic hydroxyl groups is 2. The van der Waals surface area contributed by atoms with E-state index in [2.05, 4.69) is 0 Å². The van der Waals surface area contributed by atoms with Gasteiger partial charge in [0, 0.05) is 12.1 Å². The highest BCUT2D eigenvalue weighted by Crippen LogP contribution is 2.37. The second-order valence-electron chi connectivity index (χ2n) is 3.47. The van der Waals surface area contributed by atoms with Crippen LogP contribution in [0, 0.1) is 0 Å². The molecular weight excluding hydrogens is 200 g/mol. The van der Waals surface area contributed by atoms with Gasteiger partial charge in [-0.3, -0.25) is 4.79 Å². The van der Waals surface area contributed by atoms with Crippen LogP contribution in [0.2, 0.25) is 0 Å². The third-order valence-electron chi connectivity index (χ3n) is 2.34. The zero-order valence-electron chi connectivity index (χ0n) is 7.97. The molecule has 2 atom stereocenters. The SMILES string of the molecule is CC1Oc2cc(O)cc(O)c2C(=O)C1O. The number of aliphatic hydroxyl groups is 1. The Labute approximate surface area is 85.5 Å². The third kappa shape index (κ3) is 1.41. The van der Waals surface area contributed by atoms with E-state index in [4.69, 9.17) is 4.74 Å². The van der Waals surface area contributed by atoms with Crippen molar-refractivity contribution in [2.24, 2.45) is 0 Å². The second kappa shape index (κ2) is 3.13. The molecule has 2 rings (SSSR count). The van der Waals surface area contributed by atoms with Gasteiger partial charge in [0.25, 0.3) is 0 Å². The summed E-state index contributed by atoms with van der Waals surface area (Å²) in [6.07, 6.45) is -1.97. The lowest BCUT2D eigenvalue weighted by Crippen LogP contribution is -2.40. The van der Waals surface area contributed by atoms with Crippen molar-refractivity contribution in [3.63, 3.8) is 0 Å². The average Bonchev–Trinajstić information content (AvgIpc) is 2.13. The minimum atomic E-state index is -1.28. The van der Waals surface area contributed by atoms with E-state index in [9.17, 15) is 20.1 Å². The largest absolute Gasteiger partial charge is 0.508 e. The van der Waals surface area contributed by atoms with Crippen molar-refractivity contribution >= 4 is 5.78 Å². The maximum atomic E-state index is 11.6. The lowest BCUT2D eigenvalue weighted by molar-refractivity contribution is 0.0285. The molecule has 1 aliphatic rings. The van der Waals surface area contributed by atoms with Gasteiger partial charge in [0.05, 0.1) is 0 Å². The lowest BCUT2D eigenvalue weighted by atomic mass is 9.97. The zero-order chi connectivity index (χ0) is 11.2. The molecule has 0 fully saturated rings. The van der Waals surface area contributed by atoms with Crippen LogP contribution in [0.25, 0.3) is 0 Å². The number of carbonyl (C=O) groups excluding carboxylic acids is 1. The number of phenolic OH excluding ortho intramolecular Hbond substituents is 2. The molecule has 15 heavy (non-hydrogen) atoms. The van der Waals surface area contributed by atoms with E-state index >= 15 is 0 Å². The molecule has 1 aromatic rings. The molecule has 0 radical (unpaired) electrons. The van der Waals surface area contributed by atoms with Crippen LogP contribution in [0.1, 0.15) is 17.3 Å². The second-order valence-corrected chi connectivity index (χ2v) is 3.47. The van der Waals surface area contributed by atoms with Crippen LogP contribution in [0.15, 0.2) is 12.1 Å². The number of aliphatic hydroxyl groups excluding tert-OH is 1. The molecule has 0 saturated heterocycles. The Morgan fingerprint density at radius 2 is 2.00 bits per heavy atom. The summed E-state index contributed by atoms with van der Waals surface area (Å²) in [6, 6.07) is 2.26. The molecule has 0 saturated carbocycles. The fourth-order valence-corrected chi connectivity index (χ4v) is 1.55. The molecule has 0 amide bonds. The van der Waals surface area contributed by atoms with Gasteiger partial charge >= 0.3 is 0 Å². The first-order chi connectivity index (χ1) is 7.00. The molecular formula is C10H10O5. The van der Waals surface area contributed by atoms with E-state index < -0.39 is 18.0 Å². The van der Waals surface area contributed by atoms with Crippen molar-refractivity contribution in [1.82, 2.24) is 0 Å². The minimum absolute atomic E-state index is 0.0848. The molecule has 0 aromatic heterocycles. The fourth-order valence-electron chi connectivity index (χ4n) is 1.55. The highest BCUT2D eigenvalue weighted by atomic mass is 16.5. The number of fused-ring (bicyclic) bond motifs is 1. The van der Waals surface area contributed by atoms with E-state index in [-0.39, 0.29) is 22.8 Å². The average molecular weight is 210 g/mol. The van der Waals surface area contributed by atoms with Crippen LogP contribution in [-0.2, 0) is 0 Å². The number of phenols is 2. The highest BCUT2D eigenvalue weighted by Gasteiger charge is 2.35. The first-order valence-corrected chi connectivity index (χ1v) is 4.45. The molecule has 1 aromatic carbocycles. The highest BCUT2D eigenvalue weighted by molar-refractivity contribution is 6.05. The molecule has 5 heteroatoms. The van der Waals surface area contributed by atoms with Gasteiger partial charge in [-0.2, -0.15) is 0 Å². The molecule has 2 unspecified atom stereocenters. The van der Waals surface area contributed by atoms with Crippen molar-refractivity contribution in [3.8, 4) is 17.2 Å². The molecule has 1 heterocycles. The monoisotopic (exact) mass is 210 g/mol. The summed E-state index contributed by atoms with van der Waals surface area (Å²) in [5.74, 6) is -1.08. The Morgan fingerprint density at radius 3 is 2.67 bits per heavy atom. The number of carbonyl (C=O) groups is 1. The van der Waals surface area contributed by atoms with E-state index in [1.807, 2.05) is 0 Å². The van der Waals surface area contributed by atoms with E-state index in [1.54, 1.807) is 0 Å². The predicted octanol–water partition coefficient (Wildman–Crippen LogP) is 0.422. The lowest BCUT2D eigenvalue weighted by Gasteiger charge is -2.27. The van der Waals surface area contributed by atoms with E-state index in [1.165, 1.54) is 13.0 Å². The van der Waals surface area contributed by atoms with Crippen LogP contribution < -0.4 is 4.74 Å². The summed E-state index contributed by atoms with van der Waals surface area (Å²) in [4.78, 5) is 11.6. The van der Waals surface area contributed by atoms with Gasteiger partial charge in [0.15, 0.2) is 6.10 Å². The van der Waals surface area contributed by atoms with Crippen LogP contribution in [0.5, 0.6) is 17.2 Å². The van der Waals surface area contributed by atoms with Gasteiger partial charge in [-0.25, -0.2) is 0 Å². The summed E-state index contributed by atoms with van der Waals surface area (Å²) in [7, 11) is 0. The standard InChI is InChI=1S/C10H10O5/c1-4-9(13)10(14)8-6(12)2-5(11)3-7(8)15-4/h2-4,9,11-13H,1H3. The van der Waals surface area contributed by atoms with E-state index in [0.717, 1.165) is 6.07 Å². The maximum absolute atomic E-state index is 11.6. The number of hydrogen-bond acceptors (Lipinski definition) is 5. The molecule has 5 nitrogen and oxygen atoms in total. The third-order valence-corrected chi connectivity index (χ3v) is 2.34. The van der Waals surface area contributed by atoms with Crippen LogP contribution in [0.4, 0.5) is 0 Å². The van der Waals surface area contributed by atoms with Crippen molar-refractivity contribution in [2.75, 3.05) is 0 Å². The Morgan fingerprint density at radius 1 is 1.33 bits per heavy atom. The molecule has 80 valence electrons. The van der Waals surface area contributed by atoms with Gasteiger partial charge < -0.3 is 20.1 Å². The summed E-state index contributed by atoms with van der Waals surface area (Å²) >= 11 is 0. The zero-order valence-corrected chi connectivity index (χ0v) is 7.97. The van der Waals surface area contributed by atoms with Crippen LogP contribution in [-0.4, -0.2) is 33.3 Å². The van der Waals surface area contributed by atoms with Crippen molar-refractivity contribution in [2.45, 2.75) is 19.1 Å². The molecule has 0 spiro atoms. The van der Waals surface area contributed by atoms with Crippen LogP contribution >= 0.6 is 0 Å². The Hall–Kier alpha value is -1.75. The van der Waals surface area contributed by atoms with Gasteiger partial charge in [0.1, 0.15) is 28.9 Å². The maximum Gasteiger partial charge on any atom is 0.202 e.